The Labute approximate surface area is 58.6 Å². The largest absolute Gasteiger partial charge is 0.478 e. The highest BCUT2D eigenvalue weighted by Gasteiger charge is 2.48. The highest BCUT2D eigenvalue weighted by atomic mass is 16.4. The molecular weight excluding hydrogens is 130 g/mol. The number of aliphatic carboxylic acids is 1. The molecule has 0 heterocycles. The number of carboxylic acids is 1. The van der Waals surface area contributed by atoms with Crippen LogP contribution in [0.25, 0.3) is 0 Å². The predicted octanol–water partition coefficient (Wildman–Crippen LogP) is 0.931. The van der Waals surface area contributed by atoms with Crippen LogP contribution in [-0.4, -0.2) is 11.1 Å². The van der Waals surface area contributed by atoms with E-state index in [0.29, 0.717) is 12.8 Å². The molecule has 1 N–H and O–H groups in total. The summed E-state index contributed by atoms with van der Waals surface area (Å²) in [6.45, 7) is 3.34. The molecule has 0 aromatic heterocycles. The zero-order chi connectivity index (χ0) is 7.78. The van der Waals surface area contributed by atoms with Crippen molar-refractivity contribution >= 4 is 5.97 Å². The summed E-state index contributed by atoms with van der Waals surface area (Å²) in [4.78, 5) is 10.3. The van der Waals surface area contributed by atoms with E-state index in [0.717, 1.165) is 0 Å². The van der Waals surface area contributed by atoms with Gasteiger partial charge in [-0.25, -0.2) is 4.79 Å². The van der Waals surface area contributed by atoms with Gasteiger partial charge in [0.1, 0.15) is 0 Å². The average Bonchev–Trinajstić information content (AvgIpc) is 2.66. The van der Waals surface area contributed by atoms with Crippen LogP contribution in [0.2, 0.25) is 0 Å². The van der Waals surface area contributed by atoms with Crippen molar-refractivity contribution in [2.24, 2.45) is 5.41 Å². The topological polar surface area (TPSA) is 61.1 Å². The van der Waals surface area contributed by atoms with E-state index in [9.17, 15) is 4.79 Å². The maximum atomic E-state index is 10.3. The number of carbonyl (C=O) groups is 1. The number of rotatable bonds is 2. The van der Waals surface area contributed by atoms with Gasteiger partial charge in [-0.15, -0.1) is 0 Å². The first kappa shape index (κ1) is 6.81. The number of hydrogen-bond acceptors (Lipinski definition) is 2. The van der Waals surface area contributed by atoms with Crippen molar-refractivity contribution in [1.82, 2.24) is 0 Å². The summed E-state index contributed by atoms with van der Waals surface area (Å²) < 4.78 is 0. The Balaban J connectivity index is 2.77. The van der Waals surface area contributed by atoms with Crippen molar-refractivity contribution in [3.8, 4) is 6.07 Å². The molecule has 0 saturated heterocycles. The van der Waals surface area contributed by atoms with Crippen LogP contribution >= 0.6 is 0 Å². The number of hydrogen-bond donors (Lipinski definition) is 1. The third-order valence-corrected chi connectivity index (χ3v) is 1.80. The lowest BCUT2D eigenvalue weighted by Crippen LogP contribution is -2.10. The second-order valence-corrected chi connectivity index (χ2v) is 2.48. The fraction of sp³-hybridized carbons (Fsp3) is 0.429. The lowest BCUT2D eigenvalue weighted by atomic mass is 10.00. The maximum absolute atomic E-state index is 10.3. The predicted molar refractivity (Wildman–Crippen MR) is 34.1 cm³/mol. The van der Waals surface area contributed by atoms with E-state index in [-0.39, 0.29) is 5.57 Å². The Morgan fingerprint density at radius 2 is 2.20 bits per heavy atom. The summed E-state index contributed by atoms with van der Waals surface area (Å²) in [5, 5.41) is 16.9. The maximum Gasteiger partial charge on any atom is 0.332 e. The van der Waals surface area contributed by atoms with Crippen molar-refractivity contribution in [3.05, 3.63) is 12.2 Å². The minimum absolute atomic E-state index is 0.0370. The van der Waals surface area contributed by atoms with Gasteiger partial charge in [-0.1, -0.05) is 6.58 Å². The zero-order valence-electron chi connectivity index (χ0n) is 5.42. The fourth-order valence-electron chi connectivity index (χ4n) is 0.811. The number of carboxylic acid groups (broad SMARTS) is 1. The van der Waals surface area contributed by atoms with E-state index >= 15 is 0 Å². The second-order valence-electron chi connectivity index (χ2n) is 2.48. The first-order valence-electron chi connectivity index (χ1n) is 2.96. The van der Waals surface area contributed by atoms with Crippen LogP contribution in [0, 0.1) is 16.7 Å². The molecule has 0 aromatic rings. The van der Waals surface area contributed by atoms with E-state index in [1.165, 1.54) is 0 Å². The summed E-state index contributed by atoms with van der Waals surface area (Å²) in [7, 11) is 0. The molecular formula is C7H7NO2. The van der Waals surface area contributed by atoms with Gasteiger partial charge in [0.2, 0.25) is 0 Å². The van der Waals surface area contributed by atoms with Gasteiger partial charge in [0.15, 0.2) is 0 Å². The SMILES string of the molecule is C=C(C(=O)O)C1(C#N)CC1. The molecule has 1 fully saturated rings. The van der Waals surface area contributed by atoms with Crippen molar-refractivity contribution < 1.29 is 9.90 Å². The molecule has 0 aliphatic heterocycles. The lowest BCUT2D eigenvalue weighted by molar-refractivity contribution is -0.133. The molecule has 0 aromatic carbocycles. The Morgan fingerprint density at radius 1 is 1.70 bits per heavy atom. The van der Waals surface area contributed by atoms with Crippen LogP contribution in [0.5, 0.6) is 0 Å². The molecule has 0 bridgehead atoms. The summed E-state index contributed by atoms with van der Waals surface area (Å²) in [6, 6.07) is 1.95. The molecule has 0 unspecified atom stereocenters. The third kappa shape index (κ3) is 0.781. The van der Waals surface area contributed by atoms with Gasteiger partial charge in [0.25, 0.3) is 0 Å². The Morgan fingerprint density at radius 3 is 2.30 bits per heavy atom. The minimum atomic E-state index is -1.06. The number of nitrogens with zero attached hydrogens (tertiary/aromatic N) is 1. The highest BCUT2D eigenvalue weighted by Crippen LogP contribution is 2.50. The molecule has 1 aliphatic carbocycles. The second kappa shape index (κ2) is 1.84. The van der Waals surface area contributed by atoms with E-state index in [2.05, 4.69) is 6.58 Å². The molecule has 1 saturated carbocycles. The van der Waals surface area contributed by atoms with Crippen molar-refractivity contribution in [3.63, 3.8) is 0 Å². The zero-order valence-corrected chi connectivity index (χ0v) is 5.42. The summed E-state index contributed by atoms with van der Waals surface area (Å²) >= 11 is 0. The van der Waals surface area contributed by atoms with E-state index in [1.54, 1.807) is 0 Å². The average molecular weight is 137 g/mol. The quantitative estimate of drug-likeness (QED) is 0.576. The minimum Gasteiger partial charge on any atom is -0.478 e. The smallest absolute Gasteiger partial charge is 0.332 e. The first-order valence-corrected chi connectivity index (χ1v) is 2.96. The molecule has 3 nitrogen and oxygen atoms in total. The van der Waals surface area contributed by atoms with E-state index < -0.39 is 11.4 Å². The van der Waals surface area contributed by atoms with Gasteiger partial charge in [-0.3, -0.25) is 0 Å². The standard InChI is InChI=1S/C7H7NO2/c1-5(6(9)10)7(4-8)2-3-7/h1-3H2,(H,9,10). The monoisotopic (exact) mass is 137 g/mol. The van der Waals surface area contributed by atoms with Crippen LogP contribution in [0.3, 0.4) is 0 Å². The summed E-state index contributed by atoms with van der Waals surface area (Å²) in [5.74, 6) is -1.06. The van der Waals surface area contributed by atoms with Crippen LogP contribution < -0.4 is 0 Å². The lowest BCUT2D eigenvalue weighted by Gasteiger charge is -2.01. The molecule has 0 spiro atoms. The highest BCUT2D eigenvalue weighted by molar-refractivity contribution is 5.89. The number of nitriles is 1. The molecule has 0 atom stereocenters. The van der Waals surface area contributed by atoms with Crippen molar-refractivity contribution in [2.45, 2.75) is 12.8 Å². The van der Waals surface area contributed by atoms with Crippen LogP contribution in [-0.2, 0) is 4.79 Å². The normalized spacial score (nSPS) is 19.1. The molecule has 0 amide bonds. The Hall–Kier alpha value is -1.30. The van der Waals surface area contributed by atoms with Crippen LogP contribution in [0.15, 0.2) is 12.2 Å². The van der Waals surface area contributed by atoms with Crippen LogP contribution in [0.1, 0.15) is 12.8 Å². The Bertz CT molecular complexity index is 232. The van der Waals surface area contributed by atoms with Crippen LogP contribution in [0.4, 0.5) is 0 Å². The third-order valence-electron chi connectivity index (χ3n) is 1.80. The molecule has 1 aliphatic rings. The molecule has 52 valence electrons. The fourth-order valence-corrected chi connectivity index (χ4v) is 0.811. The summed E-state index contributed by atoms with van der Waals surface area (Å²) in [6.07, 6.45) is 1.29. The van der Waals surface area contributed by atoms with E-state index in [4.69, 9.17) is 10.4 Å². The van der Waals surface area contributed by atoms with Gasteiger partial charge in [-0.05, 0) is 12.8 Å². The van der Waals surface area contributed by atoms with E-state index in [1.807, 2.05) is 6.07 Å². The molecule has 0 radical (unpaired) electrons. The van der Waals surface area contributed by atoms with Crippen molar-refractivity contribution in [1.29, 1.82) is 5.26 Å². The molecule has 10 heavy (non-hydrogen) atoms. The van der Waals surface area contributed by atoms with Gasteiger partial charge in [0, 0.05) is 0 Å². The molecule has 3 heteroatoms. The van der Waals surface area contributed by atoms with Gasteiger partial charge in [0.05, 0.1) is 17.1 Å². The first-order chi connectivity index (χ1) is 4.62. The van der Waals surface area contributed by atoms with Gasteiger partial charge in [-0.2, -0.15) is 5.26 Å². The van der Waals surface area contributed by atoms with Gasteiger partial charge >= 0.3 is 5.97 Å². The van der Waals surface area contributed by atoms with Crippen molar-refractivity contribution in [2.75, 3.05) is 0 Å². The summed E-state index contributed by atoms with van der Waals surface area (Å²) in [5.41, 5.74) is -0.679. The Kier molecular flexibility index (Phi) is 1.26. The van der Waals surface area contributed by atoms with Gasteiger partial charge < -0.3 is 5.11 Å². The molecule has 1 rings (SSSR count).